The fourth-order valence-corrected chi connectivity index (χ4v) is 1.38. The summed E-state index contributed by atoms with van der Waals surface area (Å²) in [5.41, 5.74) is 10.4. The fraction of sp³-hybridized carbons (Fsp3) is 0. The molecule has 0 saturated heterocycles. The second-order valence-electron chi connectivity index (χ2n) is 1.90. The topological polar surface area (TPSA) is 86.2 Å². The number of hydrogen-bond acceptors (Lipinski definition) is 4. The summed E-state index contributed by atoms with van der Waals surface area (Å²) in [7, 11) is 0. The maximum Gasteiger partial charge on any atom is 0.290 e. The summed E-state index contributed by atoms with van der Waals surface area (Å²) in [6.07, 6.45) is 0. The summed E-state index contributed by atoms with van der Waals surface area (Å²) in [6.45, 7) is 0. The van der Waals surface area contributed by atoms with Crippen molar-refractivity contribution in [1.29, 1.82) is 0 Å². The third-order valence-electron chi connectivity index (χ3n) is 1.13. The predicted octanol–water partition coefficient (Wildman–Crippen LogP) is -0.00170. The summed E-state index contributed by atoms with van der Waals surface area (Å²) in [5.74, 6) is -1.70. The van der Waals surface area contributed by atoms with Crippen LogP contribution in [0.5, 0.6) is 0 Å². The van der Waals surface area contributed by atoms with Gasteiger partial charge in [-0.3, -0.25) is 9.59 Å². The molecule has 1 rings (SSSR count). The zero-order chi connectivity index (χ0) is 8.43. The molecule has 0 aliphatic carbocycles. The number of anilines is 1. The van der Waals surface area contributed by atoms with E-state index >= 15 is 0 Å². The molecule has 0 radical (unpaired) electrons. The molecule has 0 saturated carbocycles. The second-order valence-corrected chi connectivity index (χ2v) is 2.81. The highest BCUT2D eigenvalue weighted by atomic mass is 32.1. The van der Waals surface area contributed by atoms with Gasteiger partial charge < -0.3 is 11.5 Å². The summed E-state index contributed by atoms with van der Waals surface area (Å²) in [4.78, 5) is 21.5. The minimum absolute atomic E-state index is 0.220. The van der Waals surface area contributed by atoms with E-state index in [4.69, 9.17) is 11.5 Å². The van der Waals surface area contributed by atoms with Gasteiger partial charge in [0.25, 0.3) is 11.7 Å². The van der Waals surface area contributed by atoms with Gasteiger partial charge in [0.15, 0.2) is 0 Å². The van der Waals surface area contributed by atoms with Gasteiger partial charge in [-0.2, -0.15) is 0 Å². The van der Waals surface area contributed by atoms with Crippen LogP contribution in [0.2, 0.25) is 0 Å². The van der Waals surface area contributed by atoms with Gasteiger partial charge in [-0.1, -0.05) is 0 Å². The maximum absolute atomic E-state index is 10.9. The minimum Gasteiger partial charge on any atom is -0.397 e. The van der Waals surface area contributed by atoms with E-state index < -0.39 is 11.7 Å². The van der Waals surface area contributed by atoms with Crippen molar-refractivity contribution in [2.24, 2.45) is 5.73 Å². The number of hydrogen-bond donors (Lipinski definition) is 2. The first-order valence-electron chi connectivity index (χ1n) is 2.80. The Kier molecular flexibility index (Phi) is 1.91. The predicted molar refractivity (Wildman–Crippen MR) is 42.3 cm³/mol. The molecule has 0 aliphatic heterocycles. The van der Waals surface area contributed by atoms with Crippen LogP contribution in [0.15, 0.2) is 11.4 Å². The first kappa shape index (κ1) is 7.74. The second kappa shape index (κ2) is 2.71. The molecule has 0 fully saturated rings. The van der Waals surface area contributed by atoms with E-state index in [1.807, 2.05) is 0 Å². The molecule has 4 N–H and O–H groups in total. The molecule has 0 atom stereocenters. The van der Waals surface area contributed by atoms with Gasteiger partial charge in [-0.05, 0) is 11.4 Å². The van der Waals surface area contributed by atoms with Crippen LogP contribution >= 0.6 is 11.3 Å². The minimum atomic E-state index is -0.973. The number of carbonyl (C=O) groups excluding carboxylic acids is 2. The van der Waals surface area contributed by atoms with Crippen LogP contribution in [0, 0.1) is 0 Å². The number of primary amides is 1. The van der Waals surface area contributed by atoms with Crippen LogP contribution in [0.3, 0.4) is 0 Å². The molecule has 11 heavy (non-hydrogen) atoms. The molecule has 1 heterocycles. The monoisotopic (exact) mass is 170 g/mol. The summed E-state index contributed by atoms with van der Waals surface area (Å²) < 4.78 is 0. The maximum atomic E-state index is 10.9. The van der Waals surface area contributed by atoms with E-state index in [0.717, 1.165) is 11.3 Å². The third kappa shape index (κ3) is 1.38. The molecule has 1 amide bonds. The molecular formula is C6H6N2O2S. The summed E-state index contributed by atoms with van der Waals surface area (Å²) >= 11 is 1.11. The van der Waals surface area contributed by atoms with Gasteiger partial charge >= 0.3 is 0 Å². The summed E-state index contributed by atoms with van der Waals surface area (Å²) in [5, 5.41) is 1.63. The first-order chi connectivity index (χ1) is 5.13. The van der Waals surface area contributed by atoms with E-state index in [-0.39, 0.29) is 4.88 Å². The largest absolute Gasteiger partial charge is 0.397 e. The average molecular weight is 170 g/mol. The van der Waals surface area contributed by atoms with Crippen molar-refractivity contribution in [2.45, 2.75) is 0 Å². The van der Waals surface area contributed by atoms with Gasteiger partial charge in [0, 0.05) is 0 Å². The molecule has 0 bridgehead atoms. The first-order valence-corrected chi connectivity index (χ1v) is 3.68. The van der Waals surface area contributed by atoms with Crippen molar-refractivity contribution in [1.82, 2.24) is 0 Å². The van der Waals surface area contributed by atoms with Gasteiger partial charge in [0.05, 0.1) is 5.69 Å². The Bertz CT molecular complexity index is 305. The van der Waals surface area contributed by atoms with Crippen LogP contribution < -0.4 is 11.5 Å². The smallest absolute Gasteiger partial charge is 0.290 e. The summed E-state index contributed by atoms with van der Waals surface area (Å²) in [6, 6.07) is 1.56. The van der Waals surface area contributed by atoms with Crippen molar-refractivity contribution >= 4 is 28.7 Å². The van der Waals surface area contributed by atoms with Crippen molar-refractivity contribution in [3.05, 3.63) is 16.3 Å². The highest BCUT2D eigenvalue weighted by Gasteiger charge is 2.15. The molecule has 0 aliphatic rings. The van der Waals surface area contributed by atoms with Gasteiger partial charge in [0.2, 0.25) is 0 Å². The van der Waals surface area contributed by atoms with Crippen molar-refractivity contribution in [3.63, 3.8) is 0 Å². The van der Waals surface area contributed by atoms with E-state index in [2.05, 4.69) is 0 Å². The molecule has 0 aromatic carbocycles. The molecule has 0 spiro atoms. The highest BCUT2D eigenvalue weighted by Crippen LogP contribution is 2.18. The van der Waals surface area contributed by atoms with Gasteiger partial charge in [-0.25, -0.2) is 0 Å². The number of Topliss-reactive ketones (excluding diaryl/α,β-unsaturated/α-hetero) is 1. The molecule has 5 heteroatoms. The number of thiophene rings is 1. The Morgan fingerprint density at radius 2 is 2.09 bits per heavy atom. The molecular weight excluding hydrogens is 164 g/mol. The highest BCUT2D eigenvalue weighted by molar-refractivity contribution is 7.13. The van der Waals surface area contributed by atoms with E-state index in [9.17, 15) is 9.59 Å². The third-order valence-corrected chi connectivity index (χ3v) is 2.05. The van der Waals surface area contributed by atoms with Crippen molar-refractivity contribution < 1.29 is 9.59 Å². The SMILES string of the molecule is NC(=O)C(=O)c1sccc1N. The Labute approximate surface area is 66.8 Å². The Hall–Kier alpha value is -1.36. The molecule has 58 valence electrons. The standard InChI is InChI=1S/C6H6N2O2S/c7-3-1-2-11-5(3)4(9)6(8)10/h1-2H,7H2,(H2,8,10). The number of amides is 1. The van der Waals surface area contributed by atoms with E-state index in [1.165, 1.54) is 0 Å². The quantitative estimate of drug-likeness (QED) is 0.483. The number of carbonyl (C=O) groups is 2. The van der Waals surface area contributed by atoms with Crippen LogP contribution in [0.4, 0.5) is 5.69 Å². The van der Waals surface area contributed by atoms with E-state index in [0.29, 0.717) is 5.69 Å². The van der Waals surface area contributed by atoms with Crippen molar-refractivity contribution in [2.75, 3.05) is 5.73 Å². The Balaban J connectivity index is 3.02. The number of rotatable bonds is 2. The van der Waals surface area contributed by atoms with Gasteiger partial charge in [0.1, 0.15) is 4.88 Å². The Morgan fingerprint density at radius 1 is 1.45 bits per heavy atom. The van der Waals surface area contributed by atoms with Crippen LogP contribution in [-0.2, 0) is 4.79 Å². The number of nitrogen functional groups attached to an aromatic ring is 1. The zero-order valence-electron chi connectivity index (χ0n) is 5.53. The van der Waals surface area contributed by atoms with Crippen LogP contribution in [0.1, 0.15) is 9.67 Å². The lowest BCUT2D eigenvalue weighted by molar-refractivity contribution is -0.114. The van der Waals surface area contributed by atoms with E-state index in [1.54, 1.807) is 11.4 Å². The lowest BCUT2D eigenvalue weighted by Crippen LogP contribution is -2.22. The van der Waals surface area contributed by atoms with Crippen molar-refractivity contribution in [3.8, 4) is 0 Å². The molecule has 4 nitrogen and oxygen atoms in total. The van der Waals surface area contributed by atoms with Crippen LogP contribution in [0.25, 0.3) is 0 Å². The molecule has 1 aromatic rings. The van der Waals surface area contributed by atoms with Crippen LogP contribution in [-0.4, -0.2) is 11.7 Å². The fourth-order valence-electron chi connectivity index (χ4n) is 0.616. The molecule has 0 unspecified atom stereocenters. The zero-order valence-corrected chi connectivity index (χ0v) is 6.35. The number of nitrogens with two attached hydrogens (primary N) is 2. The molecule has 1 aromatic heterocycles. The number of ketones is 1. The Morgan fingerprint density at radius 3 is 2.45 bits per heavy atom. The lowest BCUT2D eigenvalue weighted by Gasteiger charge is -1.91. The van der Waals surface area contributed by atoms with Gasteiger partial charge in [-0.15, -0.1) is 11.3 Å². The normalized spacial score (nSPS) is 9.45. The average Bonchev–Trinajstić information content (AvgIpc) is 2.33. The lowest BCUT2D eigenvalue weighted by atomic mass is 10.3.